The zero-order valence-electron chi connectivity index (χ0n) is 19.2. The molecule has 12 heteroatoms. The van der Waals surface area contributed by atoms with Gasteiger partial charge in [-0.15, -0.1) is 35.0 Å². The van der Waals surface area contributed by atoms with Crippen molar-refractivity contribution < 1.29 is 20.4 Å². The molecule has 0 aromatic rings. The van der Waals surface area contributed by atoms with Crippen LogP contribution in [0.1, 0.15) is 68.2 Å². The fourth-order valence-electron chi connectivity index (χ4n) is 2.76. The molecule has 0 bridgehead atoms. The molecule has 0 radical (unpaired) electrons. The average Bonchev–Trinajstić information content (AvgIpc) is 2.48. The first-order valence-electron chi connectivity index (χ1n) is 9.70. The number of halogens is 2. The molecule has 0 spiro atoms. The van der Waals surface area contributed by atoms with Gasteiger partial charge in [0.2, 0.25) is 0 Å². The van der Waals surface area contributed by atoms with Crippen molar-refractivity contribution in [2.24, 2.45) is 32.5 Å². The van der Waals surface area contributed by atoms with Crippen LogP contribution in [0.3, 0.4) is 0 Å². The minimum absolute atomic E-state index is 0. The smallest absolute Gasteiger partial charge is 0.133 e. The van der Waals surface area contributed by atoms with E-state index in [1.807, 2.05) is 27.7 Å². The predicted octanol–water partition coefficient (Wildman–Crippen LogP) is 2.96. The Morgan fingerprint density at radius 3 is 0.967 bits per heavy atom. The largest absolute Gasteiger partial charge is 0.374 e. The minimum Gasteiger partial charge on any atom is -0.374 e. The Bertz CT molecular complexity index is 479. The van der Waals surface area contributed by atoms with Crippen LogP contribution >= 0.6 is 24.8 Å². The molecule has 0 heterocycles. The number of hydrogen-bond acceptors (Lipinski definition) is 6. The number of nitrogens with zero attached hydrogens (tertiary/aromatic N) is 6. The zero-order chi connectivity index (χ0) is 22.0. The third-order valence-electron chi connectivity index (χ3n) is 3.75. The molecule has 180 valence electrons. The van der Waals surface area contributed by atoms with Gasteiger partial charge in [-0.3, -0.25) is 0 Å². The van der Waals surface area contributed by atoms with Crippen LogP contribution in [-0.2, 0) is 0 Å². The Kier molecular flexibility index (Phi) is 18.6. The van der Waals surface area contributed by atoms with Crippen LogP contribution in [0.2, 0.25) is 0 Å². The van der Waals surface area contributed by atoms with Crippen LogP contribution < -0.4 is 0 Å². The summed E-state index contributed by atoms with van der Waals surface area (Å²) in [5.41, 5.74) is 0. The van der Waals surface area contributed by atoms with E-state index >= 15 is 0 Å². The van der Waals surface area contributed by atoms with Crippen molar-refractivity contribution in [2.75, 3.05) is 0 Å². The Hall–Kier alpha value is -1.04. The van der Waals surface area contributed by atoms with Gasteiger partial charge in [-0.2, -0.15) is 0 Å². The fraction of sp³-hybridized carbons (Fsp3) is 0.889. The van der Waals surface area contributed by atoms with Gasteiger partial charge in [-0.1, -0.05) is 27.7 Å². The van der Waals surface area contributed by atoms with Gasteiger partial charge in [-0.25, -0.2) is 0 Å². The van der Waals surface area contributed by atoms with Crippen LogP contribution in [-0.4, -0.2) is 66.8 Å². The van der Waals surface area contributed by atoms with Gasteiger partial charge in [0, 0.05) is 12.8 Å². The van der Waals surface area contributed by atoms with E-state index in [9.17, 15) is 20.4 Å². The van der Waals surface area contributed by atoms with Crippen LogP contribution in [0.25, 0.3) is 0 Å². The minimum atomic E-state index is -0.950. The first kappa shape index (κ1) is 33.6. The van der Waals surface area contributed by atoms with E-state index in [4.69, 9.17) is 0 Å². The Labute approximate surface area is 192 Å². The van der Waals surface area contributed by atoms with Gasteiger partial charge in [0.1, 0.15) is 36.6 Å². The second kappa shape index (κ2) is 16.6. The number of aliphatic hydroxyl groups is 4. The highest BCUT2D eigenvalue weighted by Crippen LogP contribution is 2.13. The van der Waals surface area contributed by atoms with Crippen molar-refractivity contribution in [3.05, 3.63) is 0 Å². The Balaban J connectivity index is -0.00000364. The molecule has 0 amide bonds. The topological polar surface area (TPSA) is 137 Å². The third-order valence-corrected chi connectivity index (χ3v) is 3.75. The zero-order valence-corrected chi connectivity index (χ0v) is 20.8. The molecule has 0 aromatic carbocycles. The van der Waals surface area contributed by atoms with Crippen molar-refractivity contribution in [2.45, 2.75) is 93.1 Å². The summed E-state index contributed by atoms with van der Waals surface area (Å²) in [7, 11) is 0. The highest BCUT2D eigenvalue weighted by atomic mass is 35.5. The molecular formula is C18H40Cl2N6O4. The first-order chi connectivity index (χ1) is 12.9. The molecule has 0 aromatic heterocycles. The van der Waals surface area contributed by atoms with Gasteiger partial charge in [0.25, 0.3) is 0 Å². The van der Waals surface area contributed by atoms with E-state index in [0.29, 0.717) is 24.5 Å². The van der Waals surface area contributed by atoms with Crippen molar-refractivity contribution in [3.63, 3.8) is 0 Å². The maximum absolute atomic E-state index is 9.93. The molecule has 0 rings (SSSR count). The quantitative estimate of drug-likeness (QED) is 0.126. The molecule has 0 aliphatic rings. The summed E-state index contributed by atoms with van der Waals surface area (Å²) in [4.78, 5) is 2.69. The highest BCUT2D eigenvalue weighted by Gasteiger charge is 2.23. The Morgan fingerprint density at radius 1 is 0.567 bits per heavy atom. The summed E-state index contributed by atoms with van der Waals surface area (Å²) in [5, 5.41) is 55.2. The average molecular weight is 475 g/mol. The van der Waals surface area contributed by atoms with Gasteiger partial charge in [0.05, 0.1) is 0 Å². The normalized spacial score (nSPS) is 16.7. The molecule has 4 unspecified atom stereocenters. The number of rotatable bonds is 10. The summed E-state index contributed by atoms with van der Waals surface area (Å²) in [6.45, 7) is 14.1. The molecular weight excluding hydrogens is 435 g/mol. The SMILES string of the molecule is CC(C)C\C(=N/N=N\N=C(/CC(C)C)N(C(C)O)C(C)O)N(C(C)O)C(C)O.Cl.Cl. The molecule has 4 atom stereocenters. The van der Waals surface area contributed by atoms with Crippen LogP contribution in [0, 0.1) is 11.8 Å². The molecule has 0 saturated heterocycles. The molecule has 30 heavy (non-hydrogen) atoms. The van der Waals surface area contributed by atoms with E-state index in [-0.39, 0.29) is 36.6 Å². The molecule has 10 nitrogen and oxygen atoms in total. The van der Waals surface area contributed by atoms with Gasteiger partial charge >= 0.3 is 0 Å². The Morgan fingerprint density at radius 2 is 0.800 bits per heavy atom. The molecule has 4 N–H and O–H groups in total. The summed E-state index contributed by atoms with van der Waals surface area (Å²) in [6.07, 6.45) is -2.85. The van der Waals surface area contributed by atoms with Crippen LogP contribution in [0.15, 0.2) is 20.6 Å². The van der Waals surface area contributed by atoms with E-state index < -0.39 is 24.9 Å². The first-order valence-corrected chi connectivity index (χ1v) is 9.70. The molecule has 0 saturated carbocycles. The fourth-order valence-corrected chi connectivity index (χ4v) is 2.76. The van der Waals surface area contributed by atoms with Gasteiger partial charge < -0.3 is 30.2 Å². The number of aliphatic hydroxyl groups excluding tert-OH is 4. The summed E-state index contributed by atoms with van der Waals surface area (Å²) >= 11 is 0. The van der Waals surface area contributed by atoms with Crippen molar-refractivity contribution in [1.82, 2.24) is 9.80 Å². The molecule has 0 aliphatic heterocycles. The van der Waals surface area contributed by atoms with Crippen LogP contribution in [0.4, 0.5) is 0 Å². The second-order valence-corrected chi connectivity index (χ2v) is 7.75. The second-order valence-electron chi connectivity index (χ2n) is 7.75. The monoisotopic (exact) mass is 474 g/mol. The van der Waals surface area contributed by atoms with E-state index in [1.54, 1.807) is 0 Å². The van der Waals surface area contributed by atoms with E-state index in [2.05, 4.69) is 20.6 Å². The lowest BCUT2D eigenvalue weighted by molar-refractivity contribution is -0.0379. The van der Waals surface area contributed by atoms with Crippen molar-refractivity contribution in [1.29, 1.82) is 0 Å². The number of amidine groups is 2. The molecule has 0 aliphatic carbocycles. The van der Waals surface area contributed by atoms with Crippen molar-refractivity contribution >= 4 is 36.5 Å². The summed E-state index contributed by atoms with van der Waals surface area (Å²) in [5.74, 6) is 1.20. The molecule has 0 fully saturated rings. The lowest BCUT2D eigenvalue weighted by Crippen LogP contribution is -2.45. The highest BCUT2D eigenvalue weighted by molar-refractivity contribution is 5.85. The van der Waals surface area contributed by atoms with E-state index in [0.717, 1.165) is 0 Å². The number of hydrogen-bond donors (Lipinski definition) is 4. The summed E-state index contributed by atoms with van der Waals surface area (Å²) in [6, 6.07) is 0. The maximum Gasteiger partial charge on any atom is 0.133 e. The van der Waals surface area contributed by atoms with Gasteiger partial charge in [-0.05, 0) is 50.0 Å². The summed E-state index contributed by atoms with van der Waals surface area (Å²) < 4.78 is 0. The maximum atomic E-state index is 9.93. The standard InChI is InChI=1S/C18H38N6O4.2ClH/c1-11(2)9-17(23(13(5)25)14(6)26)19-21-22-20-18(10-12(3)4)24(15(7)27)16(8)28;;/h11-16,25-28H,9-10H2,1-8H3;2*1H/b19-17+,20-18+,22-21-;;. The third kappa shape index (κ3) is 12.6. The van der Waals surface area contributed by atoms with Crippen molar-refractivity contribution in [3.8, 4) is 0 Å². The predicted molar refractivity (Wildman–Crippen MR) is 124 cm³/mol. The van der Waals surface area contributed by atoms with E-state index in [1.165, 1.54) is 37.5 Å². The lowest BCUT2D eigenvalue weighted by Gasteiger charge is -2.31. The van der Waals surface area contributed by atoms with Crippen LogP contribution in [0.5, 0.6) is 0 Å². The van der Waals surface area contributed by atoms with Gasteiger partial charge in [0.15, 0.2) is 0 Å². The lowest BCUT2D eigenvalue weighted by atomic mass is 10.1.